The number of fused-ring (bicyclic) bond motifs is 1. The molecular weight excluding hydrogens is 432 g/mol. The summed E-state index contributed by atoms with van der Waals surface area (Å²) in [6.07, 6.45) is 3.27. The molecule has 0 saturated carbocycles. The standard InChI is InChI=1S/C22H26N4O3S2/c1-15-7-9-18-20(13-15)30-22(23-18)24-21(27)17-14-16(31(28,29)25(2)3)8-10-19(17)26-11-5-4-6-12-26/h7-10,13-14H,4-6,11-12H2,1-3H3,(H,23,24,27). The van der Waals surface area contributed by atoms with Crippen LogP contribution in [0.25, 0.3) is 10.2 Å². The molecule has 0 spiro atoms. The van der Waals surface area contributed by atoms with Gasteiger partial charge in [0.15, 0.2) is 5.13 Å². The Labute approximate surface area is 186 Å². The topological polar surface area (TPSA) is 82.6 Å². The van der Waals surface area contributed by atoms with Gasteiger partial charge in [0.2, 0.25) is 10.0 Å². The van der Waals surface area contributed by atoms with Crippen LogP contribution in [0.15, 0.2) is 41.3 Å². The lowest BCUT2D eigenvalue weighted by molar-refractivity contribution is 0.102. The van der Waals surface area contributed by atoms with Gasteiger partial charge in [-0.15, -0.1) is 0 Å². The summed E-state index contributed by atoms with van der Waals surface area (Å²) in [4.78, 5) is 20.1. The fourth-order valence-electron chi connectivity index (χ4n) is 3.73. The van der Waals surface area contributed by atoms with Crippen LogP contribution in [-0.4, -0.2) is 50.8 Å². The van der Waals surface area contributed by atoms with Crippen LogP contribution in [0.2, 0.25) is 0 Å². The van der Waals surface area contributed by atoms with Crippen LogP contribution >= 0.6 is 11.3 Å². The first-order valence-electron chi connectivity index (χ1n) is 10.3. The van der Waals surface area contributed by atoms with E-state index >= 15 is 0 Å². The molecule has 1 saturated heterocycles. The number of aryl methyl sites for hydroxylation is 1. The number of benzene rings is 2. The lowest BCUT2D eigenvalue weighted by Gasteiger charge is -2.30. The summed E-state index contributed by atoms with van der Waals surface area (Å²) in [5.74, 6) is -0.354. The van der Waals surface area contributed by atoms with E-state index in [9.17, 15) is 13.2 Å². The molecule has 0 bridgehead atoms. The first-order valence-corrected chi connectivity index (χ1v) is 12.5. The first kappa shape index (κ1) is 21.7. The second-order valence-electron chi connectivity index (χ2n) is 7.96. The van der Waals surface area contributed by atoms with Crippen LogP contribution < -0.4 is 10.2 Å². The summed E-state index contributed by atoms with van der Waals surface area (Å²) in [6, 6.07) is 10.8. The van der Waals surface area contributed by atoms with E-state index in [-0.39, 0.29) is 10.8 Å². The minimum atomic E-state index is -3.66. The Morgan fingerprint density at radius 3 is 2.55 bits per heavy atom. The van der Waals surface area contributed by atoms with Crippen LogP contribution in [0.1, 0.15) is 35.2 Å². The first-order chi connectivity index (χ1) is 14.8. The van der Waals surface area contributed by atoms with Gasteiger partial charge < -0.3 is 4.90 Å². The van der Waals surface area contributed by atoms with Gasteiger partial charge in [0.25, 0.3) is 5.91 Å². The highest BCUT2D eigenvalue weighted by atomic mass is 32.2. The monoisotopic (exact) mass is 458 g/mol. The second-order valence-corrected chi connectivity index (χ2v) is 11.1. The van der Waals surface area contributed by atoms with Gasteiger partial charge in [-0.2, -0.15) is 0 Å². The molecule has 2 heterocycles. The molecule has 0 atom stereocenters. The number of carbonyl (C=O) groups excluding carboxylic acids is 1. The van der Waals surface area contributed by atoms with E-state index in [0.717, 1.165) is 58.1 Å². The van der Waals surface area contributed by atoms with Crippen LogP contribution in [0.5, 0.6) is 0 Å². The number of hydrogen-bond acceptors (Lipinski definition) is 6. The quantitative estimate of drug-likeness (QED) is 0.623. The maximum absolute atomic E-state index is 13.3. The largest absolute Gasteiger partial charge is 0.371 e. The zero-order valence-corrected chi connectivity index (χ0v) is 19.5. The van der Waals surface area contributed by atoms with E-state index < -0.39 is 10.0 Å². The van der Waals surface area contributed by atoms with Crippen LogP contribution in [-0.2, 0) is 10.0 Å². The maximum atomic E-state index is 13.3. The van der Waals surface area contributed by atoms with Crippen molar-refractivity contribution in [1.29, 1.82) is 0 Å². The SMILES string of the molecule is Cc1ccc2nc(NC(=O)c3cc(S(=O)(=O)N(C)C)ccc3N3CCCCC3)sc2c1. The molecule has 2 aromatic carbocycles. The van der Waals surface area contributed by atoms with E-state index in [1.165, 1.54) is 31.5 Å². The molecule has 1 aliphatic heterocycles. The van der Waals surface area contributed by atoms with Crippen molar-refractivity contribution in [2.45, 2.75) is 31.1 Å². The van der Waals surface area contributed by atoms with E-state index in [0.29, 0.717) is 10.7 Å². The van der Waals surface area contributed by atoms with Crippen molar-refractivity contribution in [3.05, 3.63) is 47.5 Å². The molecule has 0 unspecified atom stereocenters. The second kappa shape index (κ2) is 8.57. The average molecular weight is 459 g/mol. The minimum absolute atomic E-state index is 0.100. The highest BCUT2D eigenvalue weighted by Gasteiger charge is 2.24. The van der Waals surface area contributed by atoms with Crippen molar-refractivity contribution >= 4 is 48.3 Å². The van der Waals surface area contributed by atoms with E-state index in [2.05, 4.69) is 15.2 Å². The van der Waals surface area contributed by atoms with Crippen molar-refractivity contribution in [3.63, 3.8) is 0 Å². The Bertz CT molecular complexity index is 1230. The number of nitrogens with one attached hydrogen (secondary N) is 1. The zero-order chi connectivity index (χ0) is 22.2. The minimum Gasteiger partial charge on any atom is -0.371 e. The lowest BCUT2D eigenvalue weighted by atomic mass is 10.1. The summed E-state index contributed by atoms with van der Waals surface area (Å²) in [5, 5.41) is 3.38. The summed E-state index contributed by atoms with van der Waals surface area (Å²) >= 11 is 1.41. The number of amides is 1. The lowest BCUT2D eigenvalue weighted by Crippen LogP contribution is -2.32. The smallest absolute Gasteiger partial charge is 0.259 e. The molecule has 0 radical (unpaired) electrons. The number of thiazole rings is 1. The van der Waals surface area contributed by atoms with E-state index in [4.69, 9.17) is 0 Å². The Balaban J connectivity index is 1.72. The normalized spacial score (nSPS) is 14.9. The van der Waals surface area contributed by atoms with Crippen LogP contribution in [0.4, 0.5) is 10.8 Å². The van der Waals surface area contributed by atoms with Gasteiger partial charge in [0, 0.05) is 32.9 Å². The molecule has 7 nitrogen and oxygen atoms in total. The predicted octanol–water partition coefficient (Wildman–Crippen LogP) is 4.10. The molecule has 0 aliphatic carbocycles. The number of anilines is 2. The van der Waals surface area contributed by atoms with Crippen molar-refractivity contribution in [2.75, 3.05) is 37.4 Å². The third kappa shape index (κ3) is 4.44. The fourth-order valence-corrected chi connectivity index (χ4v) is 5.62. The van der Waals surface area contributed by atoms with Gasteiger partial charge in [-0.1, -0.05) is 17.4 Å². The molecule has 1 aliphatic rings. The number of piperidine rings is 1. The molecular formula is C22H26N4O3S2. The Morgan fingerprint density at radius 2 is 1.84 bits per heavy atom. The van der Waals surface area contributed by atoms with Crippen LogP contribution in [0.3, 0.4) is 0 Å². The number of rotatable bonds is 5. The summed E-state index contributed by atoms with van der Waals surface area (Å²) in [6.45, 7) is 3.71. The Hall–Kier alpha value is -2.49. The number of nitrogens with zero attached hydrogens (tertiary/aromatic N) is 3. The molecule has 164 valence electrons. The molecule has 4 rings (SSSR count). The molecule has 1 fully saturated rings. The molecule has 31 heavy (non-hydrogen) atoms. The zero-order valence-electron chi connectivity index (χ0n) is 17.9. The van der Waals surface area contributed by atoms with Gasteiger partial charge in [0.1, 0.15) is 0 Å². The van der Waals surface area contributed by atoms with Crippen molar-refractivity contribution in [2.24, 2.45) is 0 Å². The third-order valence-electron chi connectivity index (χ3n) is 5.45. The Kier molecular flexibility index (Phi) is 6.00. The van der Waals surface area contributed by atoms with Crippen LogP contribution in [0, 0.1) is 6.92 Å². The summed E-state index contributed by atoms with van der Waals surface area (Å²) in [5.41, 5.74) is 3.06. The van der Waals surface area contributed by atoms with Gasteiger partial charge in [-0.05, 0) is 62.1 Å². The molecule has 9 heteroatoms. The molecule has 1 amide bonds. The Morgan fingerprint density at radius 1 is 1.10 bits per heavy atom. The van der Waals surface area contributed by atoms with Gasteiger partial charge in [-0.25, -0.2) is 17.7 Å². The number of carbonyl (C=O) groups is 1. The van der Waals surface area contributed by atoms with E-state index in [1.54, 1.807) is 12.1 Å². The maximum Gasteiger partial charge on any atom is 0.259 e. The number of hydrogen-bond donors (Lipinski definition) is 1. The molecule has 1 aromatic heterocycles. The predicted molar refractivity (Wildman–Crippen MR) is 126 cm³/mol. The number of aromatic nitrogens is 1. The van der Waals surface area contributed by atoms with Crippen molar-refractivity contribution in [3.8, 4) is 0 Å². The number of sulfonamides is 1. The summed E-state index contributed by atoms with van der Waals surface area (Å²) < 4.78 is 27.5. The van der Waals surface area contributed by atoms with Gasteiger partial charge in [-0.3, -0.25) is 10.1 Å². The van der Waals surface area contributed by atoms with Gasteiger partial charge >= 0.3 is 0 Å². The summed E-state index contributed by atoms with van der Waals surface area (Å²) in [7, 11) is -0.691. The molecule has 1 N–H and O–H groups in total. The highest BCUT2D eigenvalue weighted by Crippen LogP contribution is 2.31. The third-order valence-corrected chi connectivity index (χ3v) is 8.20. The van der Waals surface area contributed by atoms with Crippen molar-refractivity contribution < 1.29 is 13.2 Å². The van der Waals surface area contributed by atoms with E-state index in [1.807, 2.05) is 25.1 Å². The highest BCUT2D eigenvalue weighted by molar-refractivity contribution is 7.89. The molecule has 3 aromatic rings. The fraction of sp³-hybridized carbons (Fsp3) is 0.364. The average Bonchev–Trinajstić information content (AvgIpc) is 3.15. The van der Waals surface area contributed by atoms with Gasteiger partial charge in [0.05, 0.1) is 20.7 Å². The van der Waals surface area contributed by atoms with Crippen molar-refractivity contribution in [1.82, 2.24) is 9.29 Å².